The van der Waals surface area contributed by atoms with Gasteiger partial charge < -0.3 is 16.2 Å². The van der Waals surface area contributed by atoms with Gasteiger partial charge in [0.15, 0.2) is 5.54 Å². The molecule has 0 aromatic rings. The highest BCUT2D eigenvalue weighted by Gasteiger charge is 2.53. The number of halogens is 3. The normalized spacial score (nSPS) is 17.7. The maximum absolute atomic E-state index is 12.3. The van der Waals surface area contributed by atoms with E-state index in [1.54, 1.807) is 6.92 Å². The van der Waals surface area contributed by atoms with Gasteiger partial charge in [0, 0.05) is 6.54 Å². The lowest BCUT2D eigenvalue weighted by atomic mass is 10.0. The molecule has 4 N–H and O–H groups in total. The number of aliphatic hydroxyl groups is 1. The van der Waals surface area contributed by atoms with Gasteiger partial charge in [-0.1, -0.05) is 0 Å². The minimum atomic E-state index is -4.78. The van der Waals surface area contributed by atoms with E-state index in [1.807, 2.05) is 0 Å². The van der Waals surface area contributed by atoms with Crippen LogP contribution >= 0.6 is 0 Å². The van der Waals surface area contributed by atoms with Crippen LogP contribution in [-0.2, 0) is 4.79 Å². The number of rotatable bonds is 5. The third kappa shape index (κ3) is 4.36. The Labute approximate surface area is 92.0 Å². The van der Waals surface area contributed by atoms with Crippen molar-refractivity contribution in [2.45, 2.75) is 44.5 Å². The molecule has 0 radical (unpaired) electrons. The van der Waals surface area contributed by atoms with Crippen LogP contribution in [0.25, 0.3) is 0 Å². The monoisotopic (exact) mass is 242 g/mol. The second-order valence-electron chi connectivity index (χ2n) is 3.95. The first-order valence-electron chi connectivity index (χ1n) is 4.91. The Hall–Kier alpha value is -0.820. The van der Waals surface area contributed by atoms with E-state index < -0.39 is 23.7 Å². The Bertz CT molecular complexity index is 239. The van der Waals surface area contributed by atoms with Crippen LogP contribution in [0, 0.1) is 0 Å². The number of hydrogen-bond donors (Lipinski definition) is 3. The average molecular weight is 242 g/mol. The molecule has 0 saturated carbocycles. The number of alkyl halides is 3. The molecule has 0 aliphatic carbocycles. The highest BCUT2D eigenvalue weighted by atomic mass is 19.4. The number of amides is 1. The summed E-state index contributed by atoms with van der Waals surface area (Å²) < 4.78 is 36.9. The predicted molar refractivity (Wildman–Crippen MR) is 52.6 cm³/mol. The summed E-state index contributed by atoms with van der Waals surface area (Å²) in [5, 5.41) is 11.0. The van der Waals surface area contributed by atoms with Gasteiger partial charge in [0.25, 0.3) is 0 Å². The van der Waals surface area contributed by atoms with Crippen molar-refractivity contribution < 1.29 is 23.1 Å². The van der Waals surface area contributed by atoms with Gasteiger partial charge in [-0.25, -0.2) is 0 Å². The lowest BCUT2D eigenvalue weighted by Crippen LogP contribution is -2.61. The molecular formula is C9H17F3N2O2. The molecule has 2 unspecified atom stereocenters. The van der Waals surface area contributed by atoms with E-state index >= 15 is 0 Å². The molecule has 0 rings (SSSR count). The standard InChI is InChI=1S/C9H17F3N2O2/c1-6(15)4-3-5-14-7(16)8(2,13)9(10,11)12/h6,15H,3-5,13H2,1-2H3,(H,14,16). The van der Waals surface area contributed by atoms with Crippen LogP contribution < -0.4 is 11.1 Å². The van der Waals surface area contributed by atoms with Crippen LogP contribution in [0.2, 0.25) is 0 Å². The molecule has 4 nitrogen and oxygen atoms in total. The zero-order valence-electron chi connectivity index (χ0n) is 9.27. The largest absolute Gasteiger partial charge is 0.415 e. The molecule has 16 heavy (non-hydrogen) atoms. The maximum atomic E-state index is 12.3. The number of carbonyl (C=O) groups is 1. The Balaban J connectivity index is 4.07. The lowest BCUT2D eigenvalue weighted by Gasteiger charge is -2.26. The predicted octanol–water partition coefficient (Wildman–Crippen LogP) is 0.543. The molecule has 0 spiro atoms. The topological polar surface area (TPSA) is 75.3 Å². The van der Waals surface area contributed by atoms with Crippen molar-refractivity contribution in [2.75, 3.05) is 6.54 Å². The molecule has 0 aliphatic heterocycles. The molecule has 0 aromatic carbocycles. The fraction of sp³-hybridized carbons (Fsp3) is 0.889. The lowest BCUT2D eigenvalue weighted by molar-refractivity contribution is -0.187. The van der Waals surface area contributed by atoms with Gasteiger partial charge in [0.05, 0.1) is 6.10 Å². The number of nitrogens with two attached hydrogens (primary N) is 1. The second kappa shape index (κ2) is 5.49. The molecule has 0 fully saturated rings. The minimum Gasteiger partial charge on any atom is -0.393 e. The Morgan fingerprint density at radius 3 is 2.38 bits per heavy atom. The molecule has 0 aliphatic rings. The number of carbonyl (C=O) groups excluding carboxylic acids is 1. The summed E-state index contributed by atoms with van der Waals surface area (Å²) in [6, 6.07) is 0. The summed E-state index contributed by atoms with van der Waals surface area (Å²) in [6.45, 7) is 2.24. The SMILES string of the molecule is CC(O)CCCNC(=O)C(C)(N)C(F)(F)F. The van der Waals surface area contributed by atoms with Crippen molar-refractivity contribution in [3.63, 3.8) is 0 Å². The molecule has 96 valence electrons. The van der Waals surface area contributed by atoms with Gasteiger partial charge in [-0.3, -0.25) is 4.79 Å². The van der Waals surface area contributed by atoms with E-state index in [2.05, 4.69) is 5.32 Å². The van der Waals surface area contributed by atoms with Crippen molar-refractivity contribution in [2.24, 2.45) is 5.73 Å². The highest BCUT2D eigenvalue weighted by molar-refractivity contribution is 5.86. The van der Waals surface area contributed by atoms with Crippen LogP contribution in [0.15, 0.2) is 0 Å². The quantitative estimate of drug-likeness (QED) is 0.616. The Morgan fingerprint density at radius 2 is 2.00 bits per heavy atom. The first kappa shape index (κ1) is 15.2. The van der Waals surface area contributed by atoms with Gasteiger partial charge >= 0.3 is 6.18 Å². The molecule has 2 atom stereocenters. The highest BCUT2D eigenvalue weighted by Crippen LogP contribution is 2.27. The van der Waals surface area contributed by atoms with Gasteiger partial charge in [0.1, 0.15) is 0 Å². The van der Waals surface area contributed by atoms with E-state index in [9.17, 15) is 18.0 Å². The van der Waals surface area contributed by atoms with Gasteiger partial charge in [-0.05, 0) is 26.7 Å². The molecule has 0 heterocycles. The van der Waals surface area contributed by atoms with Crippen LogP contribution in [0.1, 0.15) is 26.7 Å². The fourth-order valence-corrected chi connectivity index (χ4v) is 0.912. The van der Waals surface area contributed by atoms with Crippen LogP contribution in [0.3, 0.4) is 0 Å². The molecule has 1 amide bonds. The summed E-state index contributed by atoms with van der Waals surface area (Å²) in [4.78, 5) is 11.1. The van der Waals surface area contributed by atoms with Crippen LogP contribution in [0.5, 0.6) is 0 Å². The number of aliphatic hydroxyl groups excluding tert-OH is 1. The number of nitrogens with one attached hydrogen (secondary N) is 1. The van der Waals surface area contributed by atoms with Crippen molar-refractivity contribution in [1.29, 1.82) is 0 Å². The molecule has 7 heteroatoms. The Kier molecular flexibility index (Phi) is 5.21. The van der Waals surface area contributed by atoms with Crippen molar-refractivity contribution >= 4 is 5.91 Å². The zero-order valence-corrected chi connectivity index (χ0v) is 9.27. The molecule has 0 bridgehead atoms. The second-order valence-corrected chi connectivity index (χ2v) is 3.95. The van der Waals surface area contributed by atoms with Gasteiger partial charge in [0.2, 0.25) is 5.91 Å². The fourth-order valence-electron chi connectivity index (χ4n) is 0.912. The summed E-state index contributed by atoms with van der Waals surface area (Å²) in [7, 11) is 0. The van der Waals surface area contributed by atoms with Crippen molar-refractivity contribution in [3.05, 3.63) is 0 Å². The maximum Gasteiger partial charge on any atom is 0.415 e. The van der Waals surface area contributed by atoms with E-state index in [-0.39, 0.29) is 6.54 Å². The first-order valence-corrected chi connectivity index (χ1v) is 4.91. The molecule has 0 aromatic heterocycles. The molecule has 0 saturated heterocycles. The van der Waals surface area contributed by atoms with Crippen molar-refractivity contribution in [3.8, 4) is 0 Å². The third-order valence-electron chi connectivity index (χ3n) is 2.14. The van der Waals surface area contributed by atoms with Crippen molar-refractivity contribution in [1.82, 2.24) is 5.32 Å². The first-order chi connectivity index (χ1) is 7.09. The summed E-state index contributed by atoms with van der Waals surface area (Å²) in [5.41, 5.74) is 2.02. The summed E-state index contributed by atoms with van der Waals surface area (Å²) in [5.74, 6) is -1.26. The third-order valence-corrected chi connectivity index (χ3v) is 2.14. The Morgan fingerprint density at radius 1 is 1.50 bits per heavy atom. The summed E-state index contributed by atoms with van der Waals surface area (Å²) >= 11 is 0. The zero-order chi connectivity index (χ0) is 13.0. The van der Waals surface area contributed by atoms with Crippen LogP contribution in [-0.4, -0.2) is 35.4 Å². The van der Waals surface area contributed by atoms with E-state index in [0.717, 1.165) is 0 Å². The minimum absolute atomic E-state index is 0.0621. The average Bonchev–Trinajstić information content (AvgIpc) is 2.09. The van der Waals surface area contributed by atoms with E-state index in [0.29, 0.717) is 19.8 Å². The number of hydrogen-bond acceptors (Lipinski definition) is 3. The molecular weight excluding hydrogens is 225 g/mol. The van der Waals surface area contributed by atoms with Gasteiger partial charge in [-0.2, -0.15) is 13.2 Å². The van der Waals surface area contributed by atoms with E-state index in [4.69, 9.17) is 10.8 Å². The van der Waals surface area contributed by atoms with Gasteiger partial charge in [-0.15, -0.1) is 0 Å². The smallest absolute Gasteiger partial charge is 0.393 e. The van der Waals surface area contributed by atoms with E-state index in [1.165, 1.54) is 0 Å². The van der Waals surface area contributed by atoms with Crippen LogP contribution in [0.4, 0.5) is 13.2 Å². The summed E-state index contributed by atoms with van der Waals surface area (Å²) in [6.07, 6.45) is -4.50.